The predicted molar refractivity (Wildman–Crippen MR) is 469 cm³/mol. The lowest BCUT2D eigenvalue weighted by Crippen LogP contribution is -1.87. The summed E-state index contributed by atoms with van der Waals surface area (Å²) >= 11 is 0. The lowest BCUT2D eigenvalue weighted by atomic mass is 9.95. The average molecular weight is 1380 g/mol. The first-order valence-corrected chi connectivity index (χ1v) is 37.8. The van der Waals surface area contributed by atoms with Crippen molar-refractivity contribution in [3.8, 4) is 33.4 Å². The third kappa shape index (κ3) is 16.9. The zero-order valence-electron chi connectivity index (χ0n) is 61.4. The molecule has 0 radical (unpaired) electrons. The number of fused-ring (bicyclic) bond motifs is 17. The van der Waals surface area contributed by atoms with E-state index in [1.807, 2.05) is 12.1 Å². The van der Waals surface area contributed by atoms with Gasteiger partial charge in [0.1, 0.15) is 0 Å². The fraction of sp³-hybridized carbons (Fsp3) is 0.0556. The maximum atomic E-state index is 2.30. The summed E-state index contributed by atoms with van der Waals surface area (Å²) in [6.45, 7) is 4.19. The molecule has 0 heterocycles. The van der Waals surface area contributed by atoms with Crippen molar-refractivity contribution in [2.24, 2.45) is 0 Å². The largest absolute Gasteiger partial charge is 0.0839 e. The van der Waals surface area contributed by atoms with E-state index in [-0.39, 0.29) is 0 Å². The maximum absolute atomic E-state index is 2.30. The molecule has 0 heteroatoms. The van der Waals surface area contributed by atoms with E-state index >= 15 is 0 Å². The third-order valence-electron chi connectivity index (χ3n) is 20.6. The van der Waals surface area contributed by atoms with Crippen molar-refractivity contribution in [2.45, 2.75) is 39.5 Å². The summed E-state index contributed by atoms with van der Waals surface area (Å²) in [4.78, 5) is 0. The van der Waals surface area contributed by atoms with Crippen LogP contribution in [0.15, 0.2) is 442 Å². The van der Waals surface area contributed by atoms with E-state index in [0.29, 0.717) is 0 Å². The quantitative estimate of drug-likeness (QED) is 0.120. The van der Waals surface area contributed by atoms with Gasteiger partial charge in [0.2, 0.25) is 0 Å². The molecule has 0 nitrogen and oxygen atoms in total. The number of rotatable bonds is 2. The van der Waals surface area contributed by atoms with Gasteiger partial charge in [0.15, 0.2) is 0 Å². The first-order chi connectivity index (χ1) is 53.4. The zero-order chi connectivity index (χ0) is 73.1. The SMILES string of the molecule is C1=CC2=C(CC1)c1ccccc1C2.Cc1ccc(C)cc1.c1ccc(-c2cccc(-c3ccccc3)c2)cc1.c1ccc2c(c1)Cc1ccccc1-2.c1ccc2c(c1)c1ccccc1c1ccccc21.c1ccc2c(c1)ccc1ccccc12.c1ccc2cc3ccccc3cc2c1.c1ccc2ccccc2c1. The molecule has 108 heavy (non-hydrogen) atoms. The van der Waals surface area contributed by atoms with Gasteiger partial charge in [-0.05, 0) is 211 Å². The van der Waals surface area contributed by atoms with E-state index in [2.05, 4.69) is 439 Å². The molecule has 0 aromatic heterocycles. The summed E-state index contributed by atoms with van der Waals surface area (Å²) in [7, 11) is 0. The highest BCUT2D eigenvalue weighted by Crippen LogP contribution is 2.40. The van der Waals surface area contributed by atoms with Crippen LogP contribution in [0.2, 0.25) is 0 Å². The molecule has 518 valence electrons. The Hall–Kier alpha value is -13.3. The van der Waals surface area contributed by atoms with Gasteiger partial charge in [-0.25, -0.2) is 0 Å². The Labute approximate surface area is 636 Å². The summed E-state index contributed by atoms with van der Waals surface area (Å²) in [5.74, 6) is 0. The van der Waals surface area contributed by atoms with Crippen molar-refractivity contribution in [1.82, 2.24) is 0 Å². The minimum atomic E-state index is 1.10. The molecule has 0 fully saturated rings. The Morgan fingerprint density at radius 2 is 0.481 bits per heavy atom. The molecule has 22 rings (SSSR count). The Balaban J connectivity index is 0.0000000994. The van der Waals surface area contributed by atoms with Crippen LogP contribution in [0.5, 0.6) is 0 Å². The Morgan fingerprint density at radius 3 is 0.861 bits per heavy atom. The topological polar surface area (TPSA) is 0 Å². The van der Waals surface area contributed by atoms with Crippen LogP contribution in [0.25, 0.3) is 125 Å². The summed E-state index contributed by atoms with van der Waals surface area (Å²) in [5.41, 5.74) is 19.6. The molecular weight excluding hydrogens is 1300 g/mol. The molecule has 0 N–H and O–H groups in total. The molecule has 0 spiro atoms. The number of hydrogen-bond donors (Lipinski definition) is 0. The van der Waals surface area contributed by atoms with Crippen molar-refractivity contribution >= 4 is 91.8 Å². The van der Waals surface area contributed by atoms with Gasteiger partial charge in [0, 0.05) is 0 Å². The van der Waals surface area contributed by atoms with Crippen LogP contribution in [-0.2, 0) is 12.8 Å². The summed E-state index contributed by atoms with van der Waals surface area (Å²) in [5, 5.41) is 21.2. The van der Waals surface area contributed by atoms with Crippen LogP contribution in [0.1, 0.15) is 46.2 Å². The predicted octanol–water partition coefficient (Wildman–Crippen LogP) is 29.9. The zero-order valence-corrected chi connectivity index (χ0v) is 61.4. The molecule has 0 bridgehead atoms. The van der Waals surface area contributed by atoms with E-state index in [1.54, 1.807) is 11.1 Å². The van der Waals surface area contributed by atoms with Crippen LogP contribution in [0.3, 0.4) is 0 Å². The van der Waals surface area contributed by atoms with Crippen LogP contribution in [0.4, 0.5) is 0 Å². The molecule has 0 amide bonds. The smallest absolute Gasteiger partial charge is 0.00135 e. The Bertz CT molecular complexity index is 5730. The van der Waals surface area contributed by atoms with Crippen LogP contribution in [0, 0.1) is 13.8 Å². The average Bonchev–Trinajstić information content (AvgIpc) is 1.03. The van der Waals surface area contributed by atoms with Gasteiger partial charge in [-0.2, -0.15) is 0 Å². The van der Waals surface area contributed by atoms with Crippen LogP contribution < -0.4 is 0 Å². The minimum absolute atomic E-state index is 1.10. The number of aryl methyl sites for hydroxylation is 2. The molecule has 0 aliphatic heterocycles. The highest BCUT2D eigenvalue weighted by Gasteiger charge is 2.20. The van der Waals surface area contributed by atoms with Crippen LogP contribution >= 0.6 is 0 Å². The molecule has 0 unspecified atom stereocenters. The summed E-state index contributed by atoms with van der Waals surface area (Å²) in [6.07, 6.45) is 9.31. The summed E-state index contributed by atoms with van der Waals surface area (Å²) in [6, 6.07) is 150. The van der Waals surface area contributed by atoms with Gasteiger partial charge in [0.05, 0.1) is 0 Å². The van der Waals surface area contributed by atoms with E-state index in [9.17, 15) is 0 Å². The Kier molecular flexibility index (Phi) is 22.5. The second kappa shape index (κ2) is 34.6. The first-order valence-electron chi connectivity index (χ1n) is 37.8. The molecule has 19 aromatic carbocycles. The van der Waals surface area contributed by atoms with Gasteiger partial charge < -0.3 is 0 Å². The molecule has 3 aliphatic rings. The van der Waals surface area contributed by atoms with Crippen molar-refractivity contribution in [1.29, 1.82) is 0 Å². The highest BCUT2D eigenvalue weighted by atomic mass is 14.2. The van der Waals surface area contributed by atoms with E-state index < -0.39 is 0 Å². The van der Waals surface area contributed by atoms with E-state index in [4.69, 9.17) is 0 Å². The van der Waals surface area contributed by atoms with Crippen molar-refractivity contribution in [3.63, 3.8) is 0 Å². The molecule has 0 saturated heterocycles. The Morgan fingerprint density at radius 1 is 0.194 bits per heavy atom. The van der Waals surface area contributed by atoms with Crippen molar-refractivity contribution in [2.75, 3.05) is 0 Å². The molecule has 0 atom stereocenters. The van der Waals surface area contributed by atoms with Gasteiger partial charge in [-0.15, -0.1) is 0 Å². The molecular formula is C108H86. The molecule has 0 saturated carbocycles. The van der Waals surface area contributed by atoms with Crippen molar-refractivity contribution < 1.29 is 0 Å². The third-order valence-corrected chi connectivity index (χ3v) is 20.6. The number of hydrogen-bond acceptors (Lipinski definition) is 0. The van der Waals surface area contributed by atoms with Crippen LogP contribution in [-0.4, -0.2) is 0 Å². The fourth-order valence-electron chi connectivity index (χ4n) is 15.0. The second-order valence-electron chi connectivity index (χ2n) is 27.8. The fourth-order valence-corrected chi connectivity index (χ4v) is 15.0. The lowest BCUT2D eigenvalue weighted by molar-refractivity contribution is 1.04. The monoisotopic (exact) mass is 1380 g/mol. The van der Waals surface area contributed by atoms with E-state index in [0.717, 1.165) is 12.8 Å². The standard InChI is InChI=1S/C18H12.C18H14.2C14H10.C13H12.C13H10.C10H8.C8H10/c1-2-8-14-13(7-1)15-9-3-4-11-17(15)18-12-6-5-10-16(14)18;1-3-8-15(9-4-1)17-12-7-13-18(14-17)16-10-5-2-6-11-16;1-3-7-13-11(5-1)9-10-12-6-2-4-8-14(12)13;1-2-6-12-10-14-8-4-3-7-13(14)9-11(12)5-1;2*1-3-7-12-10(5-1)9-11-6-2-4-8-13(11)12;1-2-6-10-8-4-3-7-9(10)5-1;1-7-3-5-8(2)6-4-7/h1-12H;1-14H;2*1-10H;1-3,5-7H,4,8-9H2;1-8H,9H2;1-8H;3-6H,1-2H3. The van der Waals surface area contributed by atoms with Crippen molar-refractivity contribution in [3.05, 3.63) is 476 Å². The van der Waals surface area contributed by atoms with Gasteiger partial charge in [-0.1, -0.05) is 430 Å². The second-order valence-corrected chi connectivity index (χ2v) is 27.8. The molecule has 19 aromatic rings. The first kappa shape index (κ1) is 70.4. The highest BCUT2D eigenvalue weighted by molar-refractivity contribution is 6.25. The number of benzene rings is 19. The normalized spacial score (nSPS) is 11.8. The van der Waals surface area contributed by atoms with Gasteiger partial charge in [-0.3, -0.25) is 0 Å². The van der Waals surface area contributed by atoms with Gasteiger partial charge >= 0.3 is 0 Å². The number of allylic oxidation sites excluding steroid dienone is 4. The lowest BCUT2D eigenvalue weighted by Gasteiger charge is -2.09. The minimum Gasteiger partial charge on any atom is -0.0839 e. The maximum Gasteiger partial charge on any atom is -0.00135 e. The van der Waals surface area contributed by atoms with E-state index in [1.165, 1.54) is 166 Å². The van der Waals surface area contributed by atoms with Gasteiger partial charge in [0.25, 0.3) is 0 Å². The molecule has 3 aliphatic carbocycles. The summed E-state index contributed by atoms with van der Waals surface area (Å²) < 4.78 is 0.